The van der Waals surface area contributed by atoms with E-state index in [4.69, 9.17) is 14.2 Å². The lowest BCUT2D eigenvalue weighted by Crippen LogP contribution is -2.50. The van der Waals surface area contributed by atoms with E-state index in [9.17, 15) is 9.59 Å². The smallest absolute Gasteiger partial charge is 0.326 e. The van der Waals surface area contributed by atoms with Crippen LogP contribution in [-0.4, -0.2) is 38.8 Å². The molecule has 0 aliphatic carbocycles. The number of hydrogen-bond acceptors (Lipinski definition) is 6. The van der Waals surface area contributed by atoms with E-state index in [-0.39, 0.29) is 24.4 Å². The third-order valence-electron chi connectivity index (χ3n) is 5.31. The molecule has 6 nitrogen and oxygen atoms in total. The van der Waals surface area contributed by atoms with Gasteiger partial charge in [0.1, 0.15) is 11.3 Å². The third kappa shape index (κ3) is 3.87. The van der Waals surface area contributed by atoms with Crippen LogP contribution >= 0.6 is 0 Å². The molecule has 0 amide bonds. The maximum absolute atomic E-state index is 12.8. The average molecular weight is 383 g/mol. The molecule has 1 N–H and O–H groups in total. The molecule has 2 aromatic rings. The lowest BCUT2D eigenvalue weighted by molar-refractivity contribution is -0.148. The van der Waals surface area contributed by atoms with Gasteiger partial charge in [-0.15, -0.1) is 0 Å². The van der Waals surface area contributed by atoms with Crippen molar-refractivity contribution in [2.24, 2.45) is 5.92 Å². The predicted molar refractivity (Wildman–Crippen MR) is 104 cm³/mol. The van der Waals surface area contributed by atoms with Gasteiger partial charge in [0.25, 0.3) is 0 Å². The Balaban J connectivity index is 1.99. The molecule has 2 aromatic carbocycles. The topological polar surface area (TPSA) is 73.9 Å². The van der Waals surface area contributed by atoms with Crippen LogP contribution in [0.15, 0.2) is 54.6 Å². The summed E-state index contributed by atoms with van der Waals surface area (Å²) in [6.07, 6.45) is 0.707. The first-order valence-corrected chi connectivity index (χ1v) is 9.15. The Morgan fingerprint density at radius 2 is 1.68 bits per heavy atom. The summed E-state index contributed by atoms with van der Waals surface area (Å²) >= 11 is 0. The van der Waals surface area contributed by atoms with Gasteiger partial charge in [0.2, 0.25) is 0 Å². The van der Waals surface area contributed by atoms with Crippen LogP contribution in [0.3, 0.4) is 0 Å². The van der Waals surface area contributed by atoms with Crippen molar-refractivity contribution in [2.45, 2.75) is 24.4 Å². The van der Waals surface area contributed by atoms with Gasteiger partial charge >= 0.3 is 11.9 Å². The largest absolute Gasteiger partial charge is 0.497 e. The number of carbonyl (C=O) groups is 2. The monoisotopic (exact) mass is 383 g/mol. The highest BCUT2D eigenvalue weighted by Gasteiger charge is 2.53. The molecule has 1 aliphatic rings. The van der Waals surface area contributed by atoms with Crippen molar-refractivity contribution in [3.05, 3.63) is 65.7 Å². The Bertz CT molecular complexity index is 821. The fourth-order valence-corrected chi connectivity index (χ4v) is 3.93. The van der Waals surface area contributed by atoms with E-state index in [0.717, 1.165) is 16.9 Å². The van der Waals surface area contributed by atoms with E-state index in [1.165, 1.54) is 14.2 Å². The maximum atomic E-state index is 12.8. The molecule has 148 valence electrons. The fraction of sp³-hybridized carbons (Fsp3) is 0.364. The minimum absolute atomic E-state index is 0.290. The summed E-state index contributed by atoms with van der Waals surface area (Å²) in [5.41, 5.74) is 0.856. The Kier molecular flexibility index (Phi) is 5.99. The molecule has 1 saturated heterocycles. The van der Waals surface area contributed by atoms with Gasteiger partial charge < -0.3 is 14.2 Å². The zero-order valence-electron chi connectivity index (χ0n) is 16.3. The van der Waals surface area contributed by atoms with E-state index in [1.54, 1.807) is 7.11 Å². The zero-order chi connectivity index (χ0) is 20.1. The van der Waals surface area contributed by atoms with Gasteiger partial charge in [0.05, 0.1) is 27.2 Å². The van der Waals surface area contributed by atoms with Crippen LogP contribution in [-0.2, 0) is 25.5 Å². The van der Waals surface area contributed by atoms with Crippen molar-refractivity contribution in [1.29, 1.82) is 0 Å². The number of methoxy groups -OCH3 is 3. The number of hydrogen-bond donors (Lipinski definition) is 1. The fourth-order valence-electron chi connectivity index (χ4n) is 3.93. The molecule has 6 heteroatoms. The van der Waals surface area contributed by atoms with Crippen LogP contribution in [0.4, 0.5) is 0 Å². The molecule has 28 heavy (non-hydrogen) atoms. The van der Waals surface area contributed by atoms with Crippen molar-refractivity contribution in [3.63, 3.8) is 0 Å². The number of ether oxygens (including phenoxy) is 3. The number of carbonyl (C=O) groups excluding carboxylic acids is 2. The first kappa shape index (κ1) is 19.9. The number of nitrogens with one attached hydrogen (secondary N) is 1. The molecule has 3 rings (SSSR count). The van der Waals surface area contributed by atoms with Gasteiger partial charge in [-0.2, -0.15) is 0 Å². The molecule has 1 aliphatic heterocycles. The van der Waals surface area contributed by atoms with Gasteiger partial charge in [-0.3, -0.25) is 14.9 Å². The molecule has 0 spiro atoms. The normalized spacial score (nSPS) is 23.8. The molecular formula is C22H25NO5. The Labute approximate surface area is 164 Å². The van der Waals surface area contributed by atoms with E-state index in [0.29, 0.717) is 6.42 Å². The van der Waals surface area contributed by atoms with Gasteiger partial charge in [-0.1, -0.05) is 42.5 Å². The SMILES string of the molecule is COC(=O)C1CC(Cc2ccccc2)(C(=O)OC)NC1c1ccc(OC)cc1. The van der Waals surface area contributed by atoms with Gasteiger partial charge in [-0.25, -0.2) is 0 Å². The predicted octanol–water partition coefficient (Wildman–Crippen LogP) is 2.67. The quantitative estimate of drug-likeness (QED) is 0.773. The molecule has 0 bridgehead atoms. The lowest BCUT2D eigenvalue weighted by Gasteiger charge is -2.28. The van der Waals surface area contributed by atoms with Crippen molar-refractivity contribution in [1.82, 2.24) is 5.32 Å². The van der Waals surface area contributed by atoms with Crippen LogP contribution in [0.25, 0.3) is 0 Å². The summed E-state index contributed by atoms with van der Waals surface area (Å²) < 4.78 is 15.4. The Morgan fingerprint density at radius 3 is 2.25 bits per heavy atom. The average Bonchev–Trinajstić information content (AvgIpc) is 3.14. The van der Waals surface area contributed by atoms with E-state index in [1.807, 2.05) is 54.6 Å². The van der Waals surface area contributed by atoms with Crippen LogP contribution < -0.4 is 10.1 Å². The van der Waals surface area contributed by atoms with Crippen LogP contribution in [0.2, 0.25) is 0 Å². The standard InChI is InChI=1S/C22H25NO5/c1-26-17-11-9-16(10-12-17)19-18(20(24)27-2)14-22(23-19,21(25)28-3)13-15-7-5-4-6-8-15/h4-12,18-19,23H,13-14H2,1-3H3. The summed E-state index contributed by atoms with van der Waals surface area (Å²) in [6.45, 7) is 0. The first-order chi connectivity index (χ1) is 13.5. The summed E-state index contributed by atoms with van der Waals surface area (Å²) in [6, 6.07) is 16.8. The second kappa shape index (κ2) is 8.44. The minimum atomic E-state index is -1.01. The van der Waals surface area contributed by atoms with Gasteiger partial charge in [0, 0.05) is 12.5 Å². The molecule has 1 heterocycles. The highest BCUT2D eigenvalue weighted by atomic mass is 16.5. The van der Waals surface area contributed by atoms with Crippen LogP contribution in [0.1, 0.15) is 23.6 Å². The highest BCUT2D eigenvalue weighted by molar-refractivity contribution is 5.85. The first-order valence-electron chi connectivity index (χ1n) is 9.15. The Morgan fingerprint density at radius 1 is 1.00 bits per heavy atom. The molecule has 0 saturated carbocycles. The molecule has 1 fully saturated rings. The second-order valence-corrected chi connectivity index (χ2v) is 6.97. The van der Waals surface area contributed by atoms with Crippen molar-refractivity contribution in [2.75, 3.05) is 21.3 Å². The highest BCUT2D eigenvalue weighted by Crippen LogP contribution is 2.41. The van der Waals surface area contributed by atoms with Crippen molar-refractivity contribution < 1.29 is 23.8 Å². The zero-order valence-corrected chi connectivity index (χ0v) is 16.3. The van der Waals surface area contributed by atoms with Crippen molar-refractivity contribution >= 4 is 11.9 Å². The molecule has 3 unspecified atom stereocenters. The molecule has 0 aromatic heterocycles. The van der Waals surface area contributed by atoms with E-state index < -0.39 is 11.5 Å². The van der Waals surface area contributed by atoms with Gasteiger partial charge in [0.15, 0.2) is 0 Å². The second-order valence-electron chi connectivity index (χ2n) is 6.97. The maximum Gasteiger partial charge on any atom is 0.326 e. The number of rotatable bonds is 6. The van der Waals surface area contributed by atoms with Crippen LogP contribution in [0.5, 0.6) is 5.75 Å². The molecule has 3 atom stereocenters. The summed E-state index contributed by atoms with van der Waals surface area (Å²) in [5, 5.41) is 3.41. The molecule has 0 radical (unpaired) electrons. The number of esters is 2. The molecular weight excluding hydrogens is 358 g/mol. The minimum Gasteiger partial charge on any atom is -0.497 e. The van der Waals surface area contributed by atoms with Crippen LogP contribution in [0, 0.1) is 5.92 Å². The third-order valence-corrected chi connectivity index (χ3v) is 5.31. The summed E-state index contributed by atoms with van der Waals surface area (Å²) in [7, 11) is 4.33. The van der Waals surface area contributed by atoms with Crippen molar-refractivity contribution in [3.8, 4) is 5.75 Å². The van der Waals surface area contributed by atoms with E-state index in [2.05, 4.69) is 5.32 Å². The van der Waals surface area contributed by atoms with Gasteiger partial charge in [-0.05, 0) is 29.7 Å². The number of benzene rings is 2. The summed E-state index contributed by atoms with van der Waals surface area (Å²) in [5.74, 6) is -0.533. The lowest BCUT2D eigenvalue weighted by atomic mass is 9.85. The Hall–Kier alpha value is -2.86. The summed E-state index contributed by atoms with van der Waals surface area (Å²) in [4.78, 5) is 25.4. The van der Waals surface area contributed by atoms with E-state index >= 15 is 0 Å².